The van der Waals surface area contributed by atoms with Crippen LogP contribution in [0.25, 0.3) is 16.6 Å². The molecule has 9 nitrogen and oxygen atoms in total. The number of aliphatic hydroxyl groups is 1. The van der Waals surface area contributed by atoms with Crippen LogP contribution in [-0.4, -0.2) is 74.9 Å². The number of piperazine rings is 1. The third kappa shape index (κ3) is 6.10. The van der Waals surface area contributed by atoms with E-state index in [4.69, 9.17) is 15.5 Å². The molecule has 0 unspecified atom stereocenters. The molecule has 1 aliphatic rings. The number of carbonyl (C=O) groups is 1. The second kappa shape index (κ2) is 10.2. The van der Waals surface area contributed by atoms with Crippen LogP contribution in [0.1, 0.15) is 34.1 Å². The first kappa shape index (κ1) is 24.9. The fourth-order valence-electron chi connectivity index (χ4n) is 4.31. The van der Waals surface area contributed by atoms with Crippen LogP contribution in [0.2, 0.25) is 0 Å². The zero-order chi connectivity index (χ0) is 25.2. The van der Waals surface area contributed by atoms with E-state index < -0.39 is 11.6 Å². The van der Waals surface area contributed by atoms with Gasteiger partial charge in [0.05, 0.1) is 29.6 Å². The lowest BCUT2D eigenvalue weighted by Crippen LogP contribution is -2.53. The van der Waals surface area contributed by atoms with E-state index in [1.807, 2.05) is 35.4 Å². The van der Waals surface area contributed by atoms with Gasteiger partial charge in [0.25, 0.3) is 0 Å². The first-order valence-corrected chi connectivity index (χ1v) is 12.2. The summed E-state index contributed by atoms with van der Waals surface area (Å²) in [5, 5.41) is 14.4. The highest BCUT2D eigenvalue weighted by Gasteiger charge is 2.26. The Bertz CT molecular complexity index is 1140. The maximum Gasteiger partial charge on any atom is 0.239 e. The number of anilines is 1. The quantitative estimate of drug-likeness (QED) is 0.510. The van der Waals surface area contributed by atoms with Gasteiger partial charge in [0.2, 0.25) is 5.91 Å². The Hall–Kier alpha value is -3.17. The molecule has 0 aliphatic carbocycles. The second-order valence-electron chi connectivity index (χ2n) is 10.3. The van der Waals surface area contributed by atoms with Crippen molar-refractivity contribution < 1.29 is 14.6 Å². The van der Waals surface area contributed by atoms with Gasteiger partial charge in [-0.3, -0.25) is 4.79 Å². The minimum atomic E-state index is -0.934. The van der Waals surface area contributed by atoms with Gasteiger partial charge in [-0.1, -0.05) is 13.8 Å². The molecule has 4 rings (SSSR count). The standard InChI is InChI=1S/C26H36N6O3/c1-18(2)13-22(27)25(33)31-11-9-30(10-12-31)24-6-5-19(15-28-24)21-14-20(35-17-26(3,4)34)16-32-23(21)7-8-29-32/h5-8,14-16,18,22,34H,9-13,17,27H2,1-4H3/t22-/m1/s1. The van der Waals surface area contributed by atoms with Gasteiger partial charge in [-0.15, -0.1) is 0 Å². The topological polar surface area (TPSA) is 109 Å². The molecule has 9 heteroatoms. The normalized spacial score (nSPS) is 15.6. The second-order valence-corrected chi connectivity index (χ2v) is 10.3. The summed E-state index contributed by atoms with van der Waals surface area (Å²) in [6.45, 7) is 10.5. The Kier molecular flexibility index (Phi) is 7.28. The maximum absolute atomic E-state index is 12.6. The van der Waals surface area contributed by atoms with Crippen molar-refractivity contribution in [2.75, 3.05) is 37.7 Å². The molecule has 0 bridgehead atoms. The van der Waals surface area contributed by atoms with Gasteiger partial charge in [-0.2, -0.15) is 5.10 Å². The average Bonchev–Trinajstić information content (AvgIpc) is 3.30. The summed E-state index contributed by atoms with van der Waals surface area (Å²) in [6, 6.07) is 7.52. The number of ether oxygens (including phenoxy) is 1. The Labute approximate surface area is 206 Å². The van der Waals surface area contributed by atoms with Gasteiger partial charge in [0.1, 0.15) is 18.2 Å². The molecule has 0 spiro atoms. The molecule has 3 aromatic rings. The van der Waals surface area contributed by atoms with Gasteiger partial charge in [-0.25, -0.2) is 9.50 Å². The van der Waals surface area contributed by atoms with Gasteiger partial charge < -0.3 is 25.4 Å². The smallest absolute Gasteiger partial charge is 0.239 e. The highest BCUT2D eigenvalue weighted by atomic mass is 16.5. The Morgan fingerprint density at radius 2 is 1.94 bits per heavy atom. The molecule has 1 atom stereocenters. The minimum absolute atomic E-state index is 0.0400. The predicted molar refractivity (Wildman–Crippen MR) is 136 cm³/mol. The molecule has 3 aromatic heterocycles. The monoisotopic (exact) mass is 480 g/mol. The molecule has 4 heterocycles. The zero-order valence-electron chi connectivity index (χ0n) is 21.0. The molecule has 3 N–H and O–H groups in total. The number of fused-ring (bicyclic) bond motifs is 1. The van der Waals surface area contributed by atoms with E-state index in [1.54, 1.807) is 30.8 Å². The number of rotatable bonds is 8. The number of aromatic nitrogens is 3. The number of nitrogens with zero attached hydrogens (tertiary/aromatic N) is 5. The Morgan fingerprint density at radius 1 is 1.20 bits per heavy atom. The van der Waals surface area contributed by atoms with E-state index >= 15 is 0 Å². The maximum atomic E-state index is 12.6. The van der Waals surface area contributed by atoms with Crippen molar-refractivity contribution in [1.29, 1.82) is 0 Å². The molecular formula is C26H36N6O3. The summed E-state index contributed by atoms with van der Waals surface area (Å²) in [5.74, 6) is 1.94. The van der Waals surface area contributed by atoms with Gasteiger partial charge in [-0.05, 0) is 50.5 Å². The summed E-state index contributed by atoms with van der Waals surface area (Å²) >= 11 is 0. The van der Waals surface area contributed by atoms with Crippen molar-refractivity contribution in [3.63, 3.8) is 0 Å². The van der Waals surface area contributed by atoms with Crippen molar-refractivity contribution >= 4 is 17.2 Å². The van der Waals surface area contributed by atoms with E-state index in [1.165, 1.54) is 0 Å². The largest absolute Gasteiger partial charge is 0.489 e. The lowest BCUT2D eigenvalue weighted by molar-refractivity contribution is -0.133. The molecule has 188 valence electrons. The Balaban J connectivity index is 1.45. The summed E-state index contributed by atoms with van der Waals surface area (Å²) in [6.07, 6.45) is 6.11. The molecule has 0 aromatic carbocycles. The fraction of sp³-hybridized carbons (Fsp3) is 0.500. The third-order valence-electron chi connectivity index (χ3n) is 6.09. The van der Waals surface area contributed by atoms with Gasteiger partial charge in [0, 0.05) is 43.5 Å². The molecule has 1 amide bonds. The third-order valence-corrected chi connectivity index (χ3v) is 6.09. The molecule has 0 radical (unpaired) electrons. The molecule has 1 aliphatic heterocycles. The van der Waals surface area contributed by atoms with Gasteiger partial charge in [0.15, 0.2) is 0 Å². The first-order valence-electron chi connectivity index (χ1n) is 12.2. The summed E-state index contributed by atoms with van der Waals surface area (Å²) in [5.41, 5.74) is 8.01. The number of carbonyl (C=O) groups excluding carboxylic acids is 1. The van der Waals surface area contributed by atoms with E-state index in [0.717, 1.165) is 35.6 Å². The van der Waals surface area contributed by atoms with E-state index in [-0.39, 0.29) is 12.5 Å². The molecule has 35 heavy (non-hydrogen) atoms. The number of amides is 1. The number of hydrogen-bond donors (Lipinski definition) is 2. The van der Waals surface area contributed by atoms with Crippen molar-refractivity contribution in [3.05, 3.63) is 42.9 Å². The molecule has 0 saturated carbocycles. The first-order chi connectivity index (χ1) is 16.6. The van der Waals surface area contributed by atoms with E-state index in [2.05, 4.69) is 23.8 Å². The molecular weight excluding hydrogens is 444 g/mol. The lowest BCUT2D eigenvalue weighted by atomic mass is 10.0. The Morgan fingerprint density at radius 3 is 2.57 bits per heavy atom. The highest BCUT2D eigenvalue weighted by Crippen LogP contribution is 2.30. The number of pyridine rings is 2. The van der Waals surface area contributed by atoms with Crippen LogP contribution in [0.15, 0.2) is 42.9 Å². The summed E-state index contributed by atoms with van der Waals surface area (Å²) < 4.78 is 7.58. The predicted octanol–water partition coefficient (Wildman–Crippen LogP) is 2.57. The van der Waals surface area contributed by atoms with Crippen molar-refractivity contribution in [2.45, 2.75) is 45.8 Å². The fourth-order valence-corrected chi connectivity index (χ4v) is 4.31. The van der Waals surface area contributed by atoms with E-state index in [9.17, 15) is 9.90 Å². The number of nitrogens with two attached hydrogens (primary N) is 1. The van der Waals surface area contributed by atoms with Crippen molar-refractivity contribution in [3.8, 4) is 16.9 Å². The van der Waals surface area contributed by atoms with Crippen LogP contribution in [0.3, 0.4) is 0 Å². The lowest BCUT2D eigenvalue weighted by Gasteiger charge is -2.36. The van der Waals surface area contributed by atoms with Crippen molar-refractivity contribution in [2.24, 2.45) is 11.7 Å². The van der Waals surface area contributed by atoms with Crippen LogP contribution < -0.4 is 15.4 Å². The van der Waals surface area contributed by atoms with Crippen LogP contribution in [0, 0.1) is 5.92 Å². The zero-order valence-corrected chi connectivity index (χ0v) is 21.0. The van der Waals surface area contributed by atoms with Crippen molar-refractivity contribution in [1.82, 2.24) is 19.5 Å². The van der Waals surface area contributed by atoms with Crippen LogP contribution in [0.5, 0.6) is 5.75 Å². The van der Waals surface area contributed by atoms with Crippen LogP contribution in [0.4, 0.5) is 5.82 Å². The highest BCUT2D eigenvalue weighted by molar-refractivity contribution is 5.82. The van der Waals surface area contributed by atoms with Gasteiger partial charge >= 0.3 is 0 Å². The van der Waals surface area contributed by atoms with Crippen LogP contribution >= 0.6 is 0 Å². The molecule has 1 fully saturated rings. The van der Waals surface area contributed by atoms with E-state index in [0.29, 0.717) is 31.2 Å². The average molecular weight is 481 g/mol. The summed E-state index contributed by atoms with van der Waals surface area (Å²) in [7, 11) is 0. The number of hydrogen-bond acceptors (Lipinski definition) is 7. The minimum Gasteiger partial charge on any atom is -0.489 e. The summed E-state index contributed by atoms with van der Waals surface area (Å²) in [4.78, 5) is 21.4. The van der Waals surface area contributed by atoms with Crippen LogP contribution in [-0.2, 0) is 4.79 Å². The molecule has 1 saturated heterocycles. The SMILES string of the molecule is CC(C)C[C@@H](N)C(=O)N1CCN(c2ccc(-c3cc(OCC(C)(C)O)cn4nccc34)cn2)CC1.